The normalized spacial score (nSPS) is 11.9. The van der Waals surface area contributed by atoms with Gasteiger partial charge in [-0.05, 0) is 18.2 Å². The molecule has 0 aliphatic carbocycles. The number of nitrogens with two attached hydrogens (primary N) is 1. The summed E-state index contributed by atoms with van der Waals surface area (Å²) >= 11 is 0. The molecule has 6 nitrogen and oxygen atoms in total. The molecule has 19 heavy (non-hydrogen) atoms. The Kier molecular flexibility index (Phi) is 2.60. The minimum absolute atomic E-state index is 0.0372. The molecule has 0 spiro atoms. The molecule has 3 aromatic rings. The van der Waals surface area contributed by atoms with E-state index in [2.05, 4.69) is 15.1 Å². The highest BCUT2D eigenvalue weighted by Gasteiger charge is 2.11. The second-order valence-corrected chi connectivity index (χ2v) is 3.98. The largest absolute Gasteiger partial charge is 0.409 e. The van der Waals surface area contributed by atoms with Gasteiger partial charge in [0.25, 0.3) is 0 Å². The quantitative estimate of drug-likeness (QED) is 0.313. The molecule has 0 saturated carbocycles. The lowest BCUT2D eigenvalue weighted by atomic mass is 10.2. The maximum Gasteiger partial charge on any atom is 0.172 e. The summed E-state index contributed by atoms with van der Waals surface area (Å²) < 4.78 is 1.86. The number of amidine groups is 1. The fraction of sp³-hybridized carbons (Fsp3) is 0. The SMILES string of the molecule is N/C(=N/O)c1ccncc1-n1cnc2ccccc21. The third-order valence-corrected chi connectivity index (χ3v) is 2.90. The van der Waals surface area contributed by atoms with Crippen LogP contribution in [0.3, 0.4) is 0 Å². The number of oxime groups is 1. The fourth-order valence-corrected chi connectivity index (χ4v) is 2.00. The fourth-order valence-electron chi connectivity index (χ4n) is 2.00. The second kappa shape index (κ2) is 4.41. The molecular weight excluding hydrogens is 242 g/mol. The molecule has 0 aliphatic heterocycles. The zero-order chi connectivity index (χ0) is 13.2. The lowest BCUT2D eigenvalue weighted by Crippen LogP contribution is -2.16. The van der Waals surface area contributed by atoms with Crippen molar-refractivity contribution in [1.82, 2.24) is 14.5 Å². The summed E-state index contributed by atoms with van der Waals surface area (Å²) in [4.78, 5) is 8.40. The average molecular weight is 253 g/mol. The molecule has 2 aromatic heterocycles. The number of fused-ring (bicyclic) bond motifs is 1. The molecule has 2 heterocycles. The standard InChI is InChI=1S/C13H11N5O/c14-13(17-19)9-5-6-15-7-12(9)18-8-16-10-3-1-2-4-11(10)18/h1-8,19H,(H2,14,17). The second-order valence-electron chi connectivity index (χ2n) is 3.98. The number of hydrogen-bond donors (Lipinski definition) is 2. The van der Waals surface area contributed by atoms with Crippen molar-refractivity contribution in [3.05, 3.63) is 54.6 Å². The van der Waals surface area contributed by atoms with Crippen molar-refractivity contribution in [2.45, 2.75) is 0 Å². The number of nitrogens with zero attached hydrogens (tertiary/aromatic N) is 4. The molecule has 0 saturated heterocycles. The summed E-state index contributed by atoms with van der Waals surface area (Å²) in [6.07, 6.45) is 4.94. The Morgan fingerprint density at radius 1 is 1.26 bits per heavy atom. The van der Waals surface area contributed by atoms with Crippen molar-refractivity contribution in [2.24, 2.45) is 10.9 Å². The Hall–Kier alpha value is -2.89. The van der Waals surface area contributed by atoms with Gasteiger partial charge in [-0.25, -0.2) is 4.98 Å². The zero-order valence-corrected chi connectivity index (χ0v) is 9.93. The Labute approximate surface area is 108 Å². The van der Waals surface area contributed by atoms with Crippen molar-refractivity contribution >= 4 is 16.9 Å². The van der Waals surface area contributed by atoms with Crippen LogP contribution in [0.15, 0.2) is 54.2 Å². The van der Waals surface area contributed by atoms with E-state index in [4.69, 9.17) is 10.9 Å². The highest BCUT2D eigenvalue weighted by atomic mass is 16.4. The van der Waals surface area contributed by atoms with Crippen LogP contribution in [0.25, 0.3) is 16.7 Å². The van der Waals surface area contributed by atoms with Gasteiger partial charge in [0.15, 0.2) is 5.84 Å². The first-order valence-corrected chi connectivity index (χ1v) is 5.65. The first-order valence-electron chi connectivity index (χ1n) is 5.65. The van der Waals surface area contributed by atoms with E-state index >= 15 is 0 Å². The Bertz CT molecular complexity index is 762. The van der Waals surface area contributed by atoms with E-state index in [9.17, 15) is 0 Å². The van der Waals surface area contributed by atoms with Gasteiger partial charge >= 0.3 is 0 Å². The van der Waals surface area contributed by atoms with Crippen molar-refractivity contribution in [3.8, 4) is 5.69 Å². The van der Waals surface area contributed by atoms with Gasteiger partial charge in [-0.2, -0.15) is 0 Å². The van der Waals surface area contributed by atoms with E-state index in [0.29, 0.717) is 11.3 Å². The Morgan fingerprint density at radius 2 is 2.11 bits per heavy atom. The summed E-state index contributed by atoms with van der Waals surface area (Å²) in [5.74, 6) is 0.0372. The van der Waals surface area contributed by atoms with Crippen molar-refractivity contribution < 1.29 is 5.21 Å². The number of pyridine rings is 1. The number of rotatable bonds is 2. The Morgan fingerprint density at radius 3 is 2.95 bits per heavy atom. The van der Waals surface area contributed by atoms with E-state index < -0.39 is 0 Å². The van der Waals surface area contributed by atoms with Crippen molar-refractivity contribution in [1.29, 1.82) is 0 Å². The molecule has 94 valence electrons. The minimum atomic E-state index is 0.0372. The molecule has 0 unspecified atom stereocenters. The van der Waals surface area contributed by atoms with E-state index in [-0.39, 0.29) is 5.84 Å². The predicted octanol–water partition coefficient (Wildman–Crippen LogP) is 1.51. The van der Waals surface area contributed by atoms with Crippen LogP contribution in [0.4, 0.5) is 0 Å². The molecule has 1 aromatic carbocycles. The minimum Gasteiger partial charge on any atom is -0.409 e. The van der Waals surface area contributed by atoms with Crippen LogP contribution in [0, 0.1) is 0 Å². The number of aromatic nitrogens is 3. The van der Waals surface area contributed by atoms with Crippen LogP contribution in [-0.4, -0.2) is 25.6 Å². The molecule has 0 bridgehead atoms. The van der Waals surface area contributed by atoms with Crippen LogP contribution in [0.1, 0.15) is 5.56 Å². The smallest absolute Gasteiger partial charge is 0.172 e. The molecule has 0 amide bonds. The van der Waals surface area contributed by atoms with E-state index in [1.807, 2.05) is 28.8 Å². The van der Waals surface area contributed by atoms with Crippen LogP contribution in [0.5, 0.6) is 0 Å². The van der Waals surface area contributed by atoms with Gasteiger partial charge in [0.2, 0.25) is 0 Å². The van der Waals surface area contributed by atoms with Gasteiger partial charge in [-0.15, -0.1) is 0 Å². The van der Waals surface area contributed by atoms with Gasteiger partial charge in [0.05, 0.1) is 22.9 Å². The maximum absolute atomic E-state index is 8.84. The summed E-state index contributed by atoms with van der Waals surface area (Å²) in [5.41, 5.74) is 8.80. The third kappa shape index (κ3) is 1.79. The summed E-state index contributed by atoms with van der Waals surface area (Å²) in [6.45, 7) is 0. The molecule has 0 fully saturated rings. The van der Waals surface area contributed by atoms with E-state index in [0.717, 1.165) is 11.0 Å². The highest BCUT2D eigenvalue weighted by Crippen LogP contribution is 2.20. The molecule has 3 N–H and O–H groups in total. The number of para-hydroxylation sites is 2. The van der Waals surface area contributed by atoms with Gasteiger partial charge in [0.1, 0.15) is 6.33 Å². The van der Waals surface area contributed by atoms with Crippen LogP contribution >= 0.6 is 0 Å². The number of benzene rings is 1. The first kappa shape index (κ1) is 11.2. The Balaban J connectivity index is 2.28. The highest BCUT2D eigenvalue weighted by molar-refractivity contribution is 6.00. The van der Waals surface area contributed by atoms with Gasteiger partial charge in [-0.3, -0.25) is 9.55 Å². The average Bonchev–Trinajstić information content (AvgIpc) is 2.90. The predicted molar refractivity (Wildman–Crippen MR) is 71.4 cm³/mol. The van der Waals surface area contributed by atoms with Crippen LogP contribution in [0.2, 0.25) is 0 Å². The van der Waals surface area contributed by atoms with Crippen LogP contribution < -0.4 is 5.73 Å². The van der Waals surface area contributed by atoms with Gasteiger partial charge in [-0.1, -0.05) is 17.3 Å². The zero-order valence-electron chi connectivity index (χ0n) is 9.93. The topological polar surface area (TPSA) is 89.3 Å². The van der Waals surface area contributed by atoms with Gasteiger partial charge < -0.3 is 10.9 Å². The summed E-state index contributed by atoms with van der Waals surface area (Å²) in [5, 5.41) is 11.9. The third-order valence-electron chi connectivity index (χ3n) is 2.90. The lowest BCUT2D eigenvalue weighted by Gasteiger charge is -2.09. The number of imidazole rings is 1. The monoisotopic (exact) mass is 253 g/mol. The summed E-state index contributed by atoms with van der Waals surface area (Å²) in [7, 11) is 0. The summed E-state index contributed by atoms with van der Waals surface area (Å²) in [6, 6.07) is 9.42. The molecule has 0 radical (unpaired) electrons. The van der Waals surface area contributed by atoms with Crippen molar-refractivity contribution in [2.75, 3.05) is 0 Å². The van der Waals surface area contributed by atoms with E-state index in [1.165, 1.54) is 0 Å². The molecule has 6 heteroatoms. The molecule has 0 aliphatic rings. The lowest BCUT2D eigenvalue weighted by molar-refractivity contribution is 0.318. The van der Waals surface area contributed by atoms with Gasteiger partial charge in [0, 0.05) is 11.8 Å². The molecule has 3 rings (SSSR count). The van der Waals surface area contributed by atoms with Crippen LogP contribution in [-0.2, 0) is 0 Å². The first-order chi connectivity index (χ1) is 9.31. The van der Waals surface area contributed by atoms with E-state index in [1.54, 1.807) is 24.8 Å². The molecular formula is C13H11N5O. The molecule has 0 atom stereocenters. The van der Waals surface area contributed by atoms with Crippen molar-refractivity contribution in [3.63, 3.8) is 0 Å². The number of hydrogen-bond acceptors (Lipinski definition) is 4. The maximum atomic E-state index is 8.84.